The SMILES string of the molecule is CCCOC[n+]1cc(C)c(C)c(C)c1. The van der Waals surface area contributed by atoms with Gasteiger partial charge in [0.05, 0.1) is 6.61 Å². The Balaban J connectivity index is 2.69. The summed E-state index contributed by atoms with van der Waals surface area (Å²) in [6, 6.07) is 0. The molecule has 0 radical (unpaired) electrons. The van der Waals surface area contributed by atoms with Crippen molar-refractivity contribution >= 4 is 0 Å². The van der Waals surface area contributed by atoms with Crippen molar-refractivity contribution in [3.05, 3.63) is 29.1 Å². The van der Waals surface area contributed by atoms with Crippen LogP contribution in [-0.2, 0) is 11.5 Å². The first-order valence-electron chi connectivity index (χ1n) is 5.19. The third-order valence-corrected chi connectivity index (χ3v) is 2.49. The van der Waals surface area contributed by atoms with Crippen molar-refractivity contribution in [1.29, 1.82) is 0 Å². The lowest BCUT2D eigenvalue weighted by molar-refractivity contribution is -0.733. The molecular weight excluding hydrogens is 174 g/mol. The van der Waals surface area contributed by atoms with Gasteiger partial charge in [-0.05, 0) is 32.8 Å². The van der Waals surface area contributed by atoms with Crippen LogP contribution in [-0.4, -0.2) is 6.61 Å². The molecule has 0 spiro atoms. The average molecular weight is 194 g/mol. The third-order valence-electron chi connectivity index (χ3n) is 2.49. The van der Waals surface area contributed by atoms with Gasteiger partial charge in [0.2, 0.25) is 0 Å². The molecule has 0 N–H and O–H groups in total. The third kappa shape index (κ3) is 2.81. The van der Waals surface area contributed by atoms with Crippen LogP contribution in [0.4, 0.5) is 0 Å². The average Bonchev–Trinajstić information content (AvgIpc) is 2.14. The summed E-state index contributed by atoms with van der Waals surface area (Å²) < 4.78 is 7.59. The first-order valence-corrected chi connectivity index (χ1v) is 5.19. The van der Waals surface area contributed by atoms with Gasteiger partial charge in [0.1, 0.15) is 0 Å². The number of nitrogens with zero attached hydrogens (tertiary/aromatic N) is 1. The Kier molecular flexibility index (Phi) is 4.08. The minimum absolute atomic E-state index is 0.662. The fraction of sp³-hybridized carbons (Fsp3) is 0.583. The predicted molar refractivity (Wildman–Crippen MR) is 57.1 cm³/mol. The predicted octanol–water partition coefficient (Wildman–Crippen LogP) is 2.28. The zero-order chi connectivity index (χ0) is 10.6. The van der Waals surface area contributed by atoms with Crippen molar-refractivity contribution in [3.63, 3.8) is 0 Å². The van der Waals surface area contributed by atoms with Crippen molar-refractivity contribution in [3.8, 4) is 0 Å². The summed E-state index contributed by atoms with van der Waals surface area (Å²) in [5, 5.41) is 0. The van der Waals surface area contributed by atoms with Crippen LogP contribution in [0.2, 0.25) is 0 Å². The normalized spacial score (nSPS) is 10.6. The summed E-state index contributed by atoms with van der Waals surface area (Å²) in [5.41, 5.74) is 4.02. The van der Waals surface area contributed by atoms with E-state index in [2.05, 4.69) is 44.7 Å². The maximum Gasteiger partial charge on any atom is 0.252 e. The van der Waals surface area contributed by atoms with E-state index in [0.717, 1.165) is 13.0 Å². The minimum Gasteiger partial charge on any atom is -0.323 e. The van der Waals surface area contributed by atoms with Crippen molar-refractivity contribution in [1.82, 2.24) is 0 Å². The molecule has 2 nitrogen and oxygen atoms in total. The van der Waals surface area contributed by atoms with Crippen LogP contribution in [0, 0.1) is 20.8 Å². The van der Waals surface area contributed by atoms with Crippen molar-refractivity contribution in [2.45, 2.75) is 40.8 Å². The highest BCUT2D eigenvalue weighted by Crippen LogP contribution is 2.07. The van der Waals surface area contributed by atoms with Crippen LogP contribution in [0.25, 0.3) is 0 Å². The molecule has 2 heteroatoms. The van der Waals surface area contributed by atoms with Gasteiger partial charge in [-0.3, -0.25) is 0 Å². The van der Waals surface area contributed by atoms with Crippen LogP contribution >= 0.6 is 0 Å². The Morgan fingerprint density at radius 1 is 1.14 bits per heavy atom. The van der Waals surface area contributed by atoms with E-state index in [0.29, 0.717) is 6.73 Å². The Bertz CT molecular complexity index is 284. The van der Waals surface area contributed by atoms with Gasteiger partial charge in [0.15, 0.2) is 12.4 Å². The molecule has 0 bridgehead atoms. The Labute approximate surface area is 86.5 Å². The molecule has 0 unspecified atom stereocenters. The maximum atomic E-state index is 5.48. The Morgan fingerprint density at radius 3 is 2.21 bits per heavy atom. The standard InChI is InChI=1S/C12H20NO/c1-5-6-14-9-13-7-10(2)12(4)11(3)8-13/h7-8H,5-6,9H2,1-4H3/q+1. The van der Waals surface area contributed by atoms with Crippen LogP contribution in [0.1, 0.15) is 30.0 Å². The zero-order valence-electron chi connectivity index (χ0n) is 9.63. The van der Waals surface area contributed by atoms with Gasteiger partial charge in [-0.2, -0.15) is 4.57 Å². The Morgan fingerprint density at radius 2 is 1.71 bits per heavy atom. The van der Waals surface area contributed by atoms with Crippen LogP contribution in [0.3, 0.4) is 0 Å². The summed E-state index contributed by atoms with van der Waals surface area (Å²) in [4.78, 5) is 0. The van der Waals surface area contributed by atoms with Gasteiger partial charge in [0.25, 0.3) is 6.73 Å². The second kappa shape index (κ2) is 5.11. The number of rotatable bonds is 4. The lowest BCUT2D eigenvalue weighted by Gasteiger charge is -2.04. The fourth-order valence-corrected chi connectivity index (χ4v) is 1.43. The second-order valence-electron chi connectivity index (χ2n) is 3.80. The van der Waals surface area contributed by atoms with E-state index in [1.165, 1.54) is 16.7 Å². The molecule has 0 atom stereocenters. The molecule has 1 heterocycles. The second-order valence-corrected chi connectivity index (χ2v) is 3.80. The van der Waals surface area contributed by atoms with Crippen LogP contribution < -0.4 is 4.57 Å². The van der Waals surface area contributed by atoms with Crippen molar-refractivity contribution in [2.75, 3.05) is 6.61 Å². The van der Waals surface area contributed by atoms with Gasteiger partial charge < -0.3 is 4.74 Å². The molecule has 78 valence electrons. The molecule has 1 aromatic rings. The summed E-state index contributed by atoms with van der Waals surface area (Å²) in [6.07, 6.45) is 5.35. The molecule has 0 aliphatic heterocycles. The van der Waals surface area contributed by atoms with Crippen molar-refractivity contribution in [2.24, 2.45) is 0 Å². The molecule has 1 aromatic heterocycles. The number of hydrogen-bond acceptors (Lipinski definition) is 1. The van der Waals surface area contributed by atoms with Gasteiger partial charge >= 0.3 is 0 Å². The van der Waals surface area contributed by atoms with Gasteiger partial charge in [0, 0.05) is 11.1 Å². The molecule has 0 fully saturated rings. The fourth-order valence-electron chi connectivity index (χ4n) is 1.43. The highest BCUT2D eigenvalue weighted by atomic mass is 16.5. The van der Waals surface area contributed by atoms with E-state index in [1.54, 1.807) is 0 Å². The number of aromatic nitrogens is 1. The molecule has 14 heavy (non-hydrogen) atoms. The first-order chi connectivity index (χ1) is 6.65. The van der Waals surface area contributed by atoms with Crippen LogP contribution in [0.15, 0.2) is 12.4 Å². The first kappa shape index (κ1) is 11.2. The molecule has 0 saturated carbocycles. The quantitative estimate of drug-likeness (QED) is 0.529. The largest absolute Gasteiger partial charge is 0.323 e. The van der Waals surface area contributed by atoms with E-state index in [1.807, 2.05) is 0 Å². The minimum atomic E-state index is 0.662. The summed E-state index contributed by atoms with van der Waals surface area (Å²) in [5.74, 6) is 0. The van der Waals surface area contributed by atoms with Crippen molar-refractivity contribution < 1.29 is 9.30 Å². The highest BCUT2D eigenvalue weighted by Gasteiger charge is 2.06. The van der Waals surface area contributed by atoms with E-state index in [9.17, 15) is 0 Å². The highest BCUT2D eigenvalue weighted by molar-refractivity contribution is 5.25. The smallest absolute Gasteiger partial charge is 0.252 e. The molecule has 0 aromatic carbocycles. The molecule has 0 aliphatic rings. The number of aryl methyl sites for hydroxylation is 2. The maximum absolute atomic E-state index is 5.48. The molecule has 1 rings (SSSR count). The van der Waals surface area contributed by atoms with Gasteiger partial charge in [-0.1, -0.05) is 6.92 Å². The van der Waals surface area contributed by atoms with Crippen LogP contribution in [0.5, 0.6) is 0 Å². The number of ether oxygens (including phenoxy) is 1. The molecule has 0 aliphatic carbocycles. The summed E-state index contributed by atoms with van der Waals surface area (Å²) >= 11 is 0. The number of hydrogen-bond donors (Lipinski definition) is 0. The lowest BCUT2D eigenvalue weighted by atomic mass is 10.1. The summed E-state index contributed by atoms with van der Waals surface area (Å²) in [7, 11) is 0. The monoisotopic (exact) mass is 194 g/mol. The molecule has 0 saturated heterocycles. The topological polar surface area (TPSA) is 13.1 Å². The van der Waals surface area contributed by atoms with E-state index in [4.69, 9.17) is 4.74 Å². The van der Waals surface area contributed by atoms with E-state index < -0.39 is 0 Å². The van der Waals surface area contributed by atoms with Gasteiger partial charge in [-0.15, -0.1) is 0 Å². The molecule has 0 amide bonds. The summed E-state index contributed by atoms with van der Waals surface area (Å²) in [6.45, 7) is 10.0. The van der Waals surface area contributed by atoms with E-state index >= 15 is 0 Å². The van der Waals surface area contributed by atoms with E-state index in [-0.39, 0.29) is 0 Å². The number of pyridine rings is 1. The molecular formula is C12H20NO+. The lowest BCUT2D eigenvalue weighted by Crippen LogP contribution is -2.35. The van der Waals surface area contributed by atoms with Gasteiger partial charge in [-0.25, -0.2) is 0 Å². The Hall–Kier alpha value is -0.890. The zero-order valence-corrected chi connectivity index (χ0v) is 9.63.